The first kappa shape index (κ1) is 13.1. The van der Waals surface area contributed by atoms with E-state index in [-0.39, 0.29) is 11.9 Å². The summed E-state index contributed by atoms with van der Waals surface area (Å²) < 4.78 is 1.94. The summed E-state index contributed by atoms with van der Waals surface area (Å²) >= 11 is 0. The van der Waals surface area contributed by atoms with Crippen LogP contribution in [0, 0.1) is 0 Å². The van der Waals surface area contributed by atoms with Crippen molar-refractivity contribution in [1.29, 1.82) is 0 Å². The third-order valence-corrected chi connectivity index (χ3v) is 3.59. The molecule has 2 unspecified atom stereocenters. The minimum atomic E-state index is -0.0521. The molecule has 100 valence electrons. The van der Waals surface area contributed by atoms with Gasteiger partial charge in [0.05, 0.1) is 12.2 Å². The van der Waals surface area contributed by atoms with Crippen LogP contribution in [0.1, 0.15) is 31.2 Å². The third kappa shape index (κ3) is 2.72. The zero-order valence-electron chi connectivity index (χ0n) is 11.4. The number of carbonyl (C=O) groups is 1. The van der Waals surface area contributed by atoms with Crippen molar-refractivity contribution in [2.75, 3.05) is 20.6 Å². The zero-order valence-corrected chi connectivity index (χ0v) is 11.4. The van der Waals surface area contributed by atoms with E-state index in [2.05, 4.69) is 23.5 Å². The molecule has 1 saturated heterocycles. The summed E-state index contributed by atoms with van der Waals surface area (Å²) in [5, 5.41) is 7.62. The number of hydrogen-bond donors (Lipinski definition) is 1. The van der Waals surface area contributed by atoms with E-state index in [1.165, 1.54) is 5.56 Å². The minimum Gasteiger partial charge on any atom is -0.347 e. The topological polar surface area (TPSA) is 50.2 Å². The normalized spacial score (nSPS) is 23.9. The van der Waals surface area contributed by atoms with Crippen molar-refractivity contribution >= 4 is 5.91 Å². The van der Waals surface area contributed by atoms with E-state index in [9.17, 15) is 4.79 Å². The highest BCUT2D eigenvalue weighted by Gasteiger charge is 2.29. The zero-order chi connectivity index (χ0) is 13.1. The second-order valence-corrected chi connectivity index (χ2v) is 5.09. The molecular formula is C13H22N4O. The first-order valence-corrected chi connectivity index (χ1v) is 6.58. The van der Waals surface area contributed by atoms with Crippen molar-refractivity contribution in [3.8, 4) is 0 Å². The number of piperidine rings is 1. The number of aryl methyl sites for hydroxylation is 1. The third-order valence-electron chi connectivity index (χ3n) is 3.59. The Morgan fingerprint density at radius 3 is 3.00 bits per heavy atom. The molecule has 5 nitrogen and oxygen atoms in total. The molecule has 0 aliphatic carbocycles. The molecule has 2 atom stereocenters. The van der Waals surface area contributed by atoms with E-state index in [1.54, 1.807) is 4.90 Å². The predicted molar refractivity (Wildman–Crippen MR) is 70.4 cm³/mol. The summed E-state index contributed by atoms with van der Waals surface area (Å²) in [7, 11) is 3.62. The van der Waals surface area contributed by atoms with E-state index in [4.69, 9.17) is 0 Å². The number of amides is 1. The lowest BCUT2D eigenvalue weighted by atomic mass is 9.87. The first-order valence-electron chi connectivity index (χ1n) is 6.58. The van der Waals surface area contributed by atoms with Crippen LogP contribution in [0.15, 0.2) is 12.4 Å². The van der Waals surface area contributed by atoms with Crippen LogP contribution < -0.4 is 5.32 Å². The Hall–Kier alpha value is -1.36. The molecule has 0 saturated carbocycles. The van der Waals surface area contributed by atoms with E-state index in [0.717, 1.165) is 25.9 Å². The quantitative estimate of drug-likeness (QED) is 0.864. The van der Waals surface area contributed by atoms with Crippen LogP contribution in [0.25, 0.3) is 0 Å². The highest BCUT2D eigenvalue weighted by Crippen LogP contribution is 2.27. The number of likely N-dealkylation sites (N-methyl/N-ethyl adjacent to an activating group) is 1. The number of carbonyl (C=O) groups excluding carboxylic acids is 1. The van der Waals surface area contributed by atoms with Crippen molar-refractivity contribution in [3.63, 3.8) is 0 Å². The Morgan fingerprint density at radius 1 is 1.61 bits per heavy atom. The van der Waals surface area contributed by atoms with Gasteiger partial charge in [0, 0.05) is 26.8 Å². The summed E-state index contributed by atoms with van der Waals surface area (Å²) in [5.41, 5.74) is 1.26. The molecule has 0 bridgehead atoms. The Morgan fingerprint density at radius 2 is 2.39 bits per heavy atom. The molecule has 2 rings (SSSR count). The van der Waals surface area contributed by atoms with Crippen molar-refractivity contribution in [3.05, 3.63) is 18.0 Å². The van der Waals surface area contributed by atoms with Crippen molar-refractivity contribution in [1.82, 2.24) is 20.0 Å². The highest BCUT2D eigenvalue weighted by atomic mass is 16.2. The SMILES string of the molecule is CCn1cc(C2CCNC(C(=O)N(C)C)C2)cn1. The molecule has 2 heterocycles. The van der Waals surface area contributed by atoms with Gasteiger partial charge >= 0.3 is 0 Å². The number of rotatable bonds is 3. The molecular weight excluding hydrogens is 228 g/mol. The summed E-state index contributed by atoms with van der Waals surface area (Å²) in [6.07, 6.45) is 5.99. The molecule has 0 aromatic carbocycles. The Balaban J connectivity index is 2.04. The van der Waals surface area contributed by atoms with Crippen molar-refractivity contribution in [2.24, 2.45) is 0 Å². The molecule has 0 radical (unpaired) electrons. The molecule has 1 amide bonds. The summed E-state index contributed by atoms with van der Waals surface area (Å²) in [6, 6.07) is -0.0521. The van der Waals surface area contributed by atoms with Gasteiger partial charge in [-0.05, 0) is 37.8 Å². The van der Waals surface area contributed by atoms with Gasteiger partial charge in [0.15, 0.2) is 0 Å². The van der Waals surface area contributed by atoms with Crippen LogP contribution in [0.3, 0.4) is 0 Å². The Labute approximate surface area is 108 Å². The van der Waals surface area contributed by atoms with Gasteiger partial charge in [-0.3, -0.25) is 9.48 Å². The molecule has 1 N–H and O–H groups in total. The fourth-order valence-electron chi connectivity index (χ4n) is 2.48. The van der Waals surface area contributed by atoms with Crippen LogP contribution in [-0.2, 0) is 11.3 Å². The summed E-state index contributed by atoms with van der Waals surface area (Å²) in [6.45, 7) is 3.87. The van der Waals surface area contributed by atoms with Crippen LogP contribution in [0.2, 0.25) is 0 Å². The van der Waals surface area contributed by atoms with Gasteiger partial charge in [0.25, 0.3) is 0 Å². The first-order chi connectivity index (χ1) is 8.61. The largest absolute Gasteiger partial charge is 0.347 e. The Kier molecular flexibility index (Phi) is 4.01. The monoisotopic (exact) mass is 250 g/mol. The maximum Gasteiger partial charge on any atom is 0.239 e. The van der Waals surface area contributed by atoms with E-state index in [0.29, 0.717) is 5.92 Å². The van der Waals surface area contributed by atoms with Gasteiger partial charge in [0.1, 0.15) is 0 Å². The van der Waals surface area contributed by atoms with Crippen LogP contribution in [0.4, 0.5) is 0 Å². The second kappa shape index (κ2) is 5.52. The molecule has 5 heteroatoms. The molecule has 1 fully saturated rings. The molecule has 0 spiro atoms. The van der Waals surface area contributed by atoms with Gasteiger partial charge < -0.3 is 10.2 Å². The average Bonchev–Trinajstić information content (AvgIpc) is 2.86. The van der Waals surface area contributed by atoms with E-state index >= 15 is 0 Å². The lowest BCUT2D eigenvalue weighted by Gasteiger charge is -2.30. The smallest absolute Gasteiger partial charge is 0.239 e. The van der Waals surface area contributed by atoms with Gasteiger partial charge in [0.2, 0.25) is 5.91 Å². The van der Waals surface area contributed by atoms with E-state index < -0.39 is 0 Å². The number of nitrogens with one attached hydrogen (secondary N) is 1. The van der Waals surface area contributed by atoms with Crippen LogP contribution in [0.5, 0.6) is 0 Å². The van der Waals surface area contributed by atoms with Crippen LogP contribution in [-0.4, -0.2) is 47.3 Å². The Bertz CT molecular complexity index is 413. The van der Waals surface area contributed by atoms with Crippen molar-refractivity contribution in [2.45, 2.75) is 38.3 Å². The van der Waals surface area contributed by atoms with Gasteiger partial charge in [-0.25, -0.2) is 0 Å². The number of hydrogen-bond acceptors (Lipinski definition) is 3. The predicted octanol–water partition coefficient (Wildman–Crippen LogP) is 0.827. The summed E-state index contributed by atoms with van der Waals surface area (Å²) in [5.74, 6) is 0.614. The molecule has 18 heavy (non-hydrogen) atoms. The lowest BCUT2D eigenvalue weighted by molar-refractivity contribution is -0.131. The minimum absolute atomic E-state index is 0.0521. The lowest BCUT2D eigenvalue weighted by Crippen LogP contribution is -2.47. The fraction of sp³-hybridized carbons (Fsp3) is 0.692. The van der Waals surface area contributed by atoms with E-state index in [1.807, 2.05) is 25.0 Å². The molecule has 1 aliphatic heterocycles. The van der Waals surface area contributed by atoms with Crippen LogP contribution >= 0.6 is 0 Å². The molecule has 1 aromatic rings. The maximum atomic E-state index is 12.0. The standard InChI is InChI=1S/C13H22N4O/c1-4-17-9-11(8-15-17)10-5-6-14-12(7-10)13(18)16(2)3/h8-10,12,14H,4-7H2,1-3H3. The van der Waals surface area contributed by atoms with Crippen molar-refractivity contribution < 1.29 is 4.79 Å². The fourth-order valence-corrected chi connectivity index (χ4v) is 2.48. The summed E-state index contributed by atoms with van der Waals surface area (Å²) in [4.78, 5) is 13.6. The van der Waals surface area contributed by atoms with Gasteiger partial charge in [-0.1, -0.05) is 0 Å². The molecule has 1 aliphatic rings. The number of aromatic nitrogens is 2. The van der Waals surface area contributed by atoms with Gasteiger partial charge in [-0.15, -0.1) is 0 Å². The highest BCUT2D eigenvalue weighted by molar-refractivity contribution is 5.81. The maximum absolute atomic E-state index is 12.0. The second-order valence-electron chi connectivity index (χ2n) is 5.09. The molecule has 1 aromatic heterocycles. The van der Waals surface area contributed by atoms with Gasteiger partial charge in [-0.2, -0.15) is 5.10 Å². The average molecular weight is 250 g/mol. The number of nitrogens with zero attached hydrogens (tertiary/aromatic N) is 3.